The molecule has 1 N–H and O–H groups in total. The molecule has 0 amide bonds. The number of allylic oxidation sites excluding steroid dienone is 1. The zero-order chi connectivity index (χ0) is 20.0. The summed E-state index contributed by atoms with van der Waals surface area (Å²) >= 11 is 12.0. The SMILES string of the molecule is COCCOC(=O)C1=C(C)N([C@H](C)COC)C(=S)N[C@H]1c1ccccc1Cl. The number of nitrogens with zero attached hydrogens (tertiary/aromatic N) is 1. The van der Waals surface area contributed by atoms with E-state index < -0.39 is 12.0 Å². The third-order valence-corrected chi connectivity index (χ3v) is 4.99. The number of rotatable bonds is 8. The number of carbonyl (C=O) groups excluding carboxylic acids is 1. The zero-order valence-electron chi connectivity index (χ0n) is 16.0. The summed E-state index contributed by atoms with van der Waals surface area (Å²) in [6.45, 7) is 4.78. The molecule has 0 spiro atoms. The molecule has 0 aliphatic carbocycles. The summed E-state index contributed by atoms with van der Waals surface area (Å²) in [5.41, 5.74) is 1.95. The van der Waals surface area contributed by atoms with Gasteiger partial charge in [-0.1, -0.05) is 29.8 Å². The van der Waals surface area contributed by atoms with Crippen LogP contribution in [0, 0.1) is 0 Å². The summed E-state index contributed by atoms with van der Waals surface area (Å²) in [6, 6.07) is 6.82. The largest absolute Gasteiger partial charge is 0.460 e. The molecule has 1 aliphatic heterocycles. The number of halogens is 1. The number of nitrogens with one attached hydrogen (secondary N) is 1. The van der Waals surface area contributed by atoms with E-state index >= 15 is 0 Å². The number of benzene rings is 1. The van der Waals surface area contributed by atoms with Crippen molar-refractivity contribution in [1.82, 2.24) is 10.2 Å². The number of esters is 1. The maximum atomic E-state index is 12.9. The van der Waals surface area contributed by atoms with E-state index in [1.54, 1.807) is 20.3 Å². The van der Waals surface area contributed by atoms with Gasteiger partial charge in [0.1, 0.15) is 6.61 Å². The Labute approximate surface area is 170 Å². The molecular formula is C19H25ClN2O4S. The van der Waals surface area contributed by atoms with Crippen molar-refractivity contribution >= 4 is 34.9 Å². The van der Waals surface area contributed by atoms with E-state index in [0.717, 1.165) is 11.3 Å². The molecule has 1 aromatic carbocycles. The molecule has 8 heteroatoms. The lowest BCUT2D eigenvalue weighted by Gasteiger charge is -2.40. The first-order chi connectivity index (χ1) is 12.9. The minimum Gasteiger partial charge on any atom is -0.460 e. The summed E-state index contributed by atoms with van der Waals surface area (Å²) < 4.78 is 15.6. The van der Waals surface area contributed by atoms with Gasteiger partial charge in [0.05, 0.1) is 30.9 Å². The van der Waals surface area contributed by atoms with E-state index in [1.807, 2.05) is 36.9 Å². The molecule has 0 aromatic heterocycles. The van der Waals surface area contributed by atoms with Gasteiger partial charge in [0.15, 0.2) is 5.11 Å². The highest BCUT2D eigenvalue weighted by atomic mass is 35.5. The monoisotopic (exact) mass is 412 g/mol. The maximum absolute atomic E-state index is 12.9. The van der Waals surface area contributed by atoms with Gasteiger partial charge in [0.25, 0.3) is 0 Å². The van der Waals surface area contributed by atoms with Gasteiger partial charge in [-0.15, -0.1) is 0 Å². The van der Waals surface area contributed by atoms with Crippen molar-refractivity contribution in [2.45, 2.75) is 25.9 Å². The van der Waals surface area contributed by atoms with Crippen LogP contribution in [0.5, 0.6) is 0 Å². The summed E-state index contributed by atoms with van der Waals surface area (Å²) in [5, 5.41) is 4.30. The van der Waals surface area contributed by atoms with Gasteiger partial charge in [-0.2, -0.15) is 0 Å². The Bertz CT molecular complexity index is 725. The van der Waals surface area contributed by atoms with Gasteiger partial charge < -0.3 is 24.4 Å². The Morgan fingerprint density at radius 3 is 2.63 bits per heavy atom. The van der Waals surface area contributed by atoms with Crippen molar-refractivity contribution in [3.05, 3.63) is 46.1 Å². The summed E-state index contributed by atoms with van der Waals surface area (Å²) in [7, 11) is 3.18. The second-order valence-electron chi connectivity index (χ2n) is 6.21. The fourth-order valence-corrected chi connectivity index (χ4v) is 3.79. The van der Waals surface area contributed by atoms with E-state index in [0.29, 0.717) is 28.9 Å². The smallest absolute Gasteiger partial charge is 0.338 e. The summed E-state index contributed by atoms with van der Waals surface area (Å²) in [4.78, 5) is 14.8. The van der Waals surface area contributed by atoms with Crippen molar-refractivity contribution < 1.29 is 19.0 Å². The molecule has 148 valence electrons. The molecule has 2 atom stereocenters. The predicted molar refractivity (Wildman–Crippen MR) is 109 cm³/mol. The number of hydrogen-bond donors (Lipinski definition) is 1. The molecule has 0 radical (unpaired) electrons. The minimum atomic E-state index is -0.493. The average Bonchev–Trinajstić information content (AvgIpc) is 2.62. The van der Waals surface area contributed by atoms with Crippen LogP contribution in [-0.2, 0) is 19.0 Å². The molecule has 1 aromatic rings. The first-order valence-corrected chi connectivity index (χ1v) is 9.40. The zero-order valence-corrected chi connectivity index (χ0v) is 17.5. The highest BCUT2D eigenvalue weighted by Crippen LogP contribution is 2.35. The molecular weight excluding hydrogens is 388 g/mol. The van der Waals surface area contributed by atoms with Gasteiger partial charge in [0, 0.05) is 24.9 Å². The molecule has 0 bridgehead atoms. The second kappa shape index (κ2) is 10.0. The molecule has 0 saturated heterocycles. The lowest BCUT2D eigenvalue weighted by Crippen LogP contribution is -2.52. The van der Waals surface area contributed by atoms with Gasteiger partial charge >= 0.3 is 5.97 Å². The van der Waals surface area contributed by atoms with Gasteiger partial charge in [-0.25, -0.2) is 4.79 Å². The standard InChI is InChI=1S/C19H25ClN2O4S/c1-12(11-25-4)22-13(2)16(18(23)26-10-9-24-3)17(21-19(22)27)14-7-5-6-8-15(14)20/h5-8,12,17H,9-11H2,1-4H3,(H,21,27)/t12-,17+/m1/s1. The summed E-state index contributed by atoms with van der Waals surface area (Å²) in [6.07, 6.45) is 0. The second-order valence-corrected chi connectivity index (χ2v) is 7.00. The van der Waals surface area contributed by atoms with Crippen LogP contribution in [0.2, 0.25) is 5.02 Å². The van der Waals surface area contributed by atoms with E-state index in [1.165, 1.54) is 0 Å². The maximum Gasteiger partial charge on any atom is 0.338 e. The lowest BCUT2D eigenvalue weighted by molar-refractivity contribution is -0.140. The van der Waals surface area contributed by atoms with Crippen LogP contribution in [0.4, 0.5) is 0 Å². The third kappa shape index (κ3) is 4.99. The van der Waals surface area contributed by atoms with Crippen LogP contribution in [-0.4, -0.2) is 56.1 Å². The van der Waals surface area contributed by atoms with Crippen LogP contribution in [0.15, 0.2) is 35.5 Å². The number of ether oxygens (including phenoxy) is 3. The number of hydrogen-bond acceptors (Lipinski definition) is 5. The van der Waals surface area contributed by atoms with Gasteiger partial charge in [0.2, 0.25) is 0 Å². The number of methoxy groups -OCH3 is 2. The summed E-state index contributed by atoms with van der Waals surface area (Å²) in [5.74, 6) is -0.431. The Morgan fingerprint density at radius 1 is 1.30 bits per heavy atom. The average molecular weight is 413 g/mol. The highest BCUT2D eigenvalue weighted by molar-refractivity contribution is 7.80. The van der Waals surface area contributed by atoms with Gasteiger partial charge in [-0.3, -0.25) is 0 Å². The molecule has 0 fully saturated rings. The quantitative estimate of drug-likeness (QED) is 0.400. The lowest BCUT2D eigenvalue weighted by atomic mass is 9.94. The van der Waals surface area contributed by atoms with E-state index in [9.17, 15) is 4.79 Å². The Kier molecular flexibility index (Phi) is 8.04. The fraction of sp³-hybridized carbons (Fsp3) is 0.474. The molecule has 0 saturated carbocycles. The van der Waals surface area contributed by atoms with E-state index in [-0.39, 0.29) is 12.6 Å². The minimum absolute atomic E-state index is 0.0519. The highest BCUT2D eigenvalue weighted by Gasteiger charge is 2.37. The van der Waals surface area contributed by atoms with Crippen LogP contribution < -0.4 is 5.32 Å². The van der Waals surface area contributed by atoms with Gasteiger partial charge in [-0.05, 0) is 37.7 Å². The third-order valence-electron chi connectivity index (χ3n) is 4.33. The topological polar surface area (TPSA) is 60.0 Å². The van der Waals surface area contributed by atoms with E-state index in [2.05, 4.69) is 5.32 Å². The van der Waals surface area contributed by atoms with Crippen molar-refractivity contribution in [1.29, 1.82) is 0 Å². The Morgan fingerprint density at radius 2 is 2.00 bits per heavy atom. The predicted octanol–water partition coefficient (Wildman–Crippen LogP) is 3.07. The van der Waals surface area contributed by atoms with Crippen LogP contribution >= 0.6 is 23.8 Å². The van der Waals surface area contributed by atoms with Crippen molar-refractivity contribution in [2.75, 3.05) is 34.0 Å². The molecule has 27 heavy (non-hydrogen) atoms. The van der Waals surface area contributed by atoms with Crippen molar-refractivity contribution in [2.24, 2.45) is 0 Å². The Hall–Kier alpha value is -1.67. The fourth-order valence-electron chi connectivity index (χ4n) is 3.11. The normalized spacial score (nSPS) is 18.3. The molecule has 1 aliphatic rings. The molecule has 2 rings (SSSR count). The van der Waals surface area contributed by atoms with E-state index in [4.69, 9.17) is 38.0 Å². The molecule has 6 nitrogen and oxygen atoms in total. The first-order valence-electron chi connectivity index (χ1n) is 8.62. The number of carbonyl (C=O) groups is 1. The molecule has 0 unspecified atom stereocenters. The number of thiocarbonyl (C=S) groups is 1. The van der Waals surface area contributed by atoms with Crippen molar-refractivity contribution in [3.8, 4) is 0 Å². The van der Waals surface area contributed by atoms with Crippen molar-refractivity contribution in [3.63, 3.8) is 0 Å². The van der Waals surface area contributed by atoms with Crippen LogP contribution in [0.25, 0.3) is 0 Å². The van der Waals surface area contributed by atoms with Crippen LogP contribution in [0.1, 0.15) is 25.5 Å². The molecule has 1 heterocycles. The van der Waals surface area contributed by atoms with Crippen LogP contribution in [0.3, 0.4) is 0 Å². The first kappa shape index (κ1) is 21.6. The Balaban J connectivity index is 2.48.